The second kappa shape index (κ2) is 10.2. The quantitative estimate of drug-likeness (QED) is 0.481. The predicted molar refractivity (Wildman–Crippen MR) is 81.1 cm³/mol. The average Bonchev–Trinajstić information content (AvgIpc) is 2.31. The van der Waals surface area contributed by atoms with Crippen molar-refractivity contribution >= 4 is 39.1 Å². The maximum atomic E-state index is 5.96. The zero-order valence-electron chi connectivity index (χ0n) is 10.1. The van der Waals surface area contributed by atoms with Crippen LogP contribution in [0.1, 0.15) is 12.5 Å². The summed E-state index contributed by atoms with van der Waals surface area (Å²) in [6.07, 6.45) is 0.950. The SMILES string of the molecule is CC[NH2+]C(Br)(CCl)Cc1ccccc1.[CH2-]CCl. The molecule has 1 nitrogen and oxygen atoms in total. The largest absolute Gasteiger partial charge is 0.331 e. The normalized spacial score (nSPS) is 13.5. The van der Waals surface area contributed by atoms with Gasteiger partial charge in [-0.2, -0.15) is 11.6 Å². The molecule has 0 aromatic heterocycles. The average molecular weight is 341 g/mol. The molecule has 0 saturated carbocycles. The summed E-state index contributed by atoms with van der Waals surface area (Å²) in [6.45, 7) is 6.42. The van der Waals surface area contributed by atoms with Crippen LogP contribution < -0.4 is 5.32 Å². The summed E-state index contributed by atoms with van der Waals surface area (Å²) in [4.78, 5) is 0. The standard InChI is InChI=1S/C11H15BrClN.C2H4Cl/c1-2-14-11(12,9-13)8-10-6-4-3-5-7-10;1-2-3/h3-7,14H,2,8-9H2,1H3;1-2H2/q;-1/p+1. The highest BCUT2D eigenvalue weighted by Gasteiger charge is 2.28. The van der Waals surface area contributed by atoms with Gasteiger partial charge in [0.05, 0.1) is 12.4 Å². The van der Waals surface area contributed by atoms with Gasteiger partial charge in [-0.15, -0.1) is 17.5 Å². The topological polar surface area (TPSA) is 16.6 Å². The molecule has 2 N–H and O–H groups in total. The third-order valence-corrected chi connectivity index (χ3v) is 3.82. The molecule has 0 spiro atoms. The van der Waals surface area contributed by atoms with Gasteiger partial charge in [-0.3, -0.25) is 0 Å². The molecule has 4 heteroatoms. The smallest absolute Gasteiger partial charge is 0.168 e. The van der Waals surface area contributed by atoms with E-state index < -0.39 is 0 Å². The predicted octanol–water partition coefficient (Wildman–Crippen LogP) is 3.20. The third-order valence-electron chi connectivity index (χ3n) is 2.13. The van der Waals surface area contributed by atoms with Gasteiger partial charge in [0.15, 0.2) is 4.45 Å². The number of hydrogen-bond donors (Lipinski definition) is 1. The lowest BCUT2D eigenvalue weighted by Crippen LogP contribution is -2.95. The molecule has 0 aliphatic rings. The fraction of sp³-hybridized carbons (Fsp3) is 0.462. The lowest BCUT2D eigenvalue weighted by molar-refractivity contribution is -0.692. The Kier molecular flexibility index (Phi) is 10.3. The van der Waals surface area contributed by atoms with Crippen molar-refractivity contribution in [2.75, 3.05) is 18.3 Å². The van der Waals surface area contributed by atoms with E-state index in [9.17, 15) is 0 Å². The van der Waals surface area contributed by atoms with Gasteiger partial charge in [0.1, 0.15) is 0 Å². The number of benzene rings is 1. The number of halogens is 3. The molecule has 0 aliphatic heterocycles. The molecule has 98 valence electrons. The molecule has 0 aliphatic carbocycles. The molecule has 1 unspecified atom stereocenters. The molecule has 0 heterocycles. The number of likely N-dealkylation sites (N-methyl/N-ethyl adjacent to an activating group) is 1. The van der Waals surface area contributed by atoms with Gasteiger partial charge in [-0.05, 0) is 28.4 Å². The first-order valence-electron chi connectivity index (χ1n) is 5.60. The van der Waals surface area contributed by atoms with Crippen molar-refractivity contribution in [3.05, 3.63) is 42.8 Å². The molecule has 0 saturated heterocycles. The second-order valence-electron chi connectivity index (χ2n) is 3.63. The summed E-state index contributed by atoms with van der Waals surface area (Å²) in [5.41, 5.74) is 1.31. The van der Waals surface area contributed by atoms with Crippen molar-refractivity contribution in [3.8, 4) is 0 Å². The summed E-state index contributed by atoms with van der Waals surface area (Å²) in [6, 6.07) is 10.4. The van der Waals surface area contributed by atoms with Gasteiger partial charge in [0.25, 0.3) is 0 Å². The number of hydrogen-bond acceptors (Lipinski definition) is 0. The molecule has 1 aromatic carbocycles. The Morgan fingerprint density at radius 1 is 1.29 bits per heavy atom. The maximum absolute atomic E-state index is 5.96. The molecule has 0 radical (unpaired) electrons. The summed E-state index contributed by atoms with van der Waals surface area (Å²) in [7, 11) is 0. The van der Waals surface area contributed by atoms with Crippen LogP contribution in [0.15, 0.2) is 30.3 Å². The van der Waals surface area contributed by atoms with Crippen LogP contribution in [0.4, 0.5) is 0 Å². The fourth-order valence-corrected chi connectivity index (χ4v) is 2.33. The van der Waals surface area contributed by atoms with E-state index in [0.717, 1.165) is 13.0 Å². The molecule has 0 amide bonds. The van der Waals surface area contributed by atoms with Gasteiger partial charge in [-0.25, -0.2) is 0 Å². The van der Waals surface area contributed by atoms with Crippen molar-refractivity contribution in [2.45, 2.75) is 17.8 Å². The van der Waals surface area contributed by atoms with Gasteiger partial charge in [0, 0.05) is 6.42 Å². The third kappa shape index (κ3) is 8.04. The second-order valence-corrected chi connectivity index (χ2v) is 5.86. The van der Waals surface area contributed by atoms with Gasteiger partial charge in [0.2, 0.25) is 0 Å². The summed E-state index contributed by atoms with van der Waals surface area (Å²) >= 11 is 14.5. The van der Waals surface area contributed by atoms with E-state index in [1.807, 2.05) is 6.07 Å². The molecule has 1 aromatic rings. The van der Waals surface area contributed by atoms with Crippen molar-refractivity contribution in [1.82, 2.24) is 0 Å². The highest BCUT2D eigenvalue weighted by atomic mass is 79.9. The first-order chi connectivity index (χ1) is 8.11. The first kappa shape index (κ1) is 17.2. The van der Waals surface area contributed by atoms with Crippen LogP contribution in [0.5, 0.6) is 0 Å². The first-order valence-corrected chi connectivity index (χ1v) is 7.46. The van der Waals surface area contributed by atoms with Crippen LogP contribution in [-0.4, -0.2) is 22.8 Å². The van der Waals surface area contributed by atoms with E-state index in [4.69, 9.17) is 23.2 Å². The van der Waals surface area contributed by atoms with E-state index in [-0.39, 0.29) is 4.45 Å². The zero-order valence-corrected chi connectivity index (χ0v) is 13.2. The minimum absolute atomic E-state index is 0.0509. The van der Waals surface area contributed by atoms with Gasteiger partial charge < -0.3 is 12.2 Å². The Morgan fingerprint density at radius 3 is 2.24 bits per heavy atom. The molecule has 0 bridgehead atoms. The lowest BCUT2D eigenvalue weighted by atomic mass is 10.1. The maximum Gasteiger partial charge on any atom is 0.168 e. The summed E-state index contributed by atoms with van der Waals surface area (Å²) < 4.78 is -0.0509. The van der Waals surface area contributed by atoms with Crippen molar-refractivity contribution < 1.29 is 5.32 Å². The van der Waals surface area contributed by atoms with E-state index in [2.05, 4.69) is 59.4 Å². The Balaban J connectivity index is 0.000000770. The molecule has 1 atom stereocenters. The molecular formula is C13H20BrCl2N. The minimum atomic E-state index is -0.0509. The lowest BCUT2D eigenvalue weighted by Gasteiger charge is -2.22. The van der Waals surface area contributed by atoms with Crippen LogP contribution in [-0.2, 0) is 6.42 Å². The van der Waals surface area contributed by atoms with Gasteiger partial charge in [-0.1, -0.05) is 30.3 Å². The molecular weight excluding hydrogens is 321 g/mol. The van der Waals surface area contributed by atoms with E-state index in [1.165, 1.54) is 5.56 Å². The Hall–Kier alpha value is 0.240. The van der Waals surface area contributed by atoms with Crippen molar-refractivity contribution in [3.63, 3.8) is 0 Å². The minimum Gasteiger partial charge on any atom is -0.331 e. The van der Waals surface area contributed by atoms with Crippen LogP contribution >= 0.6 is 39.1 Å². The monoisotopic (exact) mass is 339 g/mol. The van der Waals surface area contributed by atoms with Crippen LogP contribution in [0, 0.1) is 6.92 Å². The Bertz CT molecular complexity index is 282. The van der Waals surface area contributed by atoms with Crippen molar-refractivity contribution in [1.29, 1.82) is 0 Å². The summed E-state index contributed by atoms with van der Waals surface area (Å²) in [5, 5.41) is 2.23. The number of alkyl halides is 3. The van der Waals surface area contributed by atoms with Crippen LogP contribution in [0.3, 0.4) is 0 Å². The Labute approximate surface area is 123 Å². The number of nitrogens with two attached hydrogens (primary N) is 1. The Morgan fingerprint density at radius 2 is 1.82 bits per heavy atom. The van der Waals surface area contributed by atoms with Gasteiger partial charge >= 0.3 is 0 Å². The highest BCUT2D eigenvalue weighted by molar-refractivity contribution is 9.10. The van der Waals surface area contributed by atoms with E-state index in [0.29, 0.717) is 11.8 Å². The molecule has 17 heavy (non-hydrogen) atoms. The molecule has 1 rings (SSSR count). The zero-order chi connectivity index (χ0) is 13.1. The van der Waals surface area contributed by atoms with E-state index >= 15 is 0 Å². The number of rotatable bonds is 5. The number of quaternary nitrogens is 1. The summed E-state index contributed by atoms with van der Waals surface area (Å²) in [5.74, 6) is 1.08. The van der Waals surface area contributed by atoms with E-state index in [1.54, 1.807) is 0 Å². The molecule has 0 fully saturated rings. The fourth-order valence-electron chi connectivity index (χ4n) is 1.47. The van der Waals surface area contributed by atoms with Crippen LogP contribution in [0.25, 0.3) is 0 Å². The van der Waals surface area contributed by atoms with Crippen molar-refractivity contribution in [2.24, 2.45) is 0 Å². The highest BCUT2D eigenvalue weighted by Crippen LogP contribution is 2.17. The van der Waals surface area contributed by atoms with Crippen LogP contribution in [0.2, 0.25) is 0 Å².